The number of nitrogens with zero attached hydrogens (tertiary/aromatic N) is 2. The minimum atomic E-state index is 0.266. The Morgan fingerprint density at radius 2 is 1.88 bits per heavy atom. The topological polar surface area (TPSA) is 51.0 Å². The van der Waals surface area contributed by atoms with Gasteiger partial charge in [0.25, 0.3) is 0 Å². The second-order valence-electron chi connectivity index (χ2n) is 4.23. The summed E-state index contributed by atoms with van der Waals surface area (Å²) >= 11 is 0. The van der Waals surface area contributed by atoms with E-state index in [1.54, 1.807) is 6.92 Å². The summed E-state index contributed by atoms with van der Waals surface area (Å²) in [5, 5.41) is 11.1. The first-order valence-corrected chi connectivity index (χ1v) is 5.74. The van der Waals surface area contributed by atoms with E-state index in [1.807, 2.05) is 0 Å². The van der Waals surface area contributed by atoms with Crippen molar-refractivity contribution in [2.24, 2.45) is 0 Å². The maximum atomic E-state index is 5.30. The van der Waals surface area contributed by atoms with Crippen molar-refractivity contribution in [2.75, 3.05) is 0 Å². The zero-order valence-corrected chi connectivity index (χ0v) is 10.4. The molecule has 1 aromatic heterocycles. The van der Waals surface area contributed by atoms with Crippen LogP contribution >= 0.6 is 0 Å². The minimum absolute atomic E-state index is 0.266. The largest absolute Gasteiger partial charge is 0.424 e. The van der Waals surface area contributed by atoms with E-state index in [2.05, 4.69) is 53.6 Å². The molecule has 0 spiro atoms. The fourth-order valence-electron chi connectivity index (χ4n) is 1.62. The molecular weight excluding hydrogens is 214 g/mol. The molecule has 0 saturated heterocycles. The van der Waals surface area contributed by atoms with Gasteiger partial charge in [-0.25, -0.2) is 0 Å². The molecule has 0 saturated carbocycles. The Kier molecular flexibility index (Phi) is 3.54. The lowest BCUT2D eigenvalue weighted by molar-refractivity contribution is 0.430. The van der Waals surface area contributed by atoms with Crippen LogP contribution in [0.4, 0.5) is 0 Å². The third kappa shape index (κ3) is 3.14. The Balaban J connectivity index is 1.93. The normalized spacial score (nSPS) is 12.6. The van der Waals surface area contributed by atoms with E-state index in [9.17, 15) is 0 Å². The van der Waals surface area contributed by atoms with Crippen molar-refractivity contribution >= 4 is 0 Å². The van der Waals surface area contributed by atoms with Crippen LogP contribution < -0.4 is 5.32 Å². The van der Waals surface area contributed by atoms with Crippen LogP contribution in [0.2, 0.25) is 0 Å². The highest BCUT2D eigenvalue weighted by molar-refractivity contribution is 5.23. The highest BCUT2D eigenvalue weighted by Gasteiger charge is 2.07. The number of hydrogen-bond donors (Lipinski definition) is 1. The summed E-state index contributed by atoms with van der Waals surface area (Å²) in [5.41, 5.74) is 2.53. The smallest absolute Gasteiger partial charge is 0.230 e. The monoisotopic (exact) mass is 231 g/mol. The summed E-state index contributed by atoms with van der Waals surface area (Å²) in [7, 11) is 0. The summed E-state index contributed by atoms with van der Waals surface area (Å²) in [4.78, 5) is 0. The first-order chi connectivity index (χ1) is 8.15. The first-order valence-electron chi connectivity index (χ1n) is 5.74. The van der Waals surface area contributed by atoms with Gasteiger partial charge < -0.3 is 9.73 Å². The molecule has 0 unspecified atom stereocenters. The maximum Gasteiger partial charge on any atom is 0.230 e. The SMILES string of the molecule is Cc1ccc([C@H](C)NCc2nnc(C)o2)cc1. The van der Waals surface area contributed by atoms with Crippen LogP contribution in [-0.2, 0) is 6.54 Å². The average molecular weight is 231 g/mol. The minimum Gasteiger partial charge on any atom is -0.424 e. The first kappa shape index (κ1) is 11.8. The second kappa shape index (κ2) is 5.10. The van der Waals surface area contributed by atoms with Gasteiger partial charge in [-0.15, -0.1) is 10.2 Å². The molecule has 1 heterocycles. The number of hydrogen-bond acceptors (Lipinski definition) is 4. The molecule has 0 bridgehead atoms. The Bertz CT molecular complexity index is 476. The molecule has 0 radical (unpaired) electrons. The lowest BCUT2D eigenvalue weighted by atomic mass is 10.1. The summed E-state index contributed by atoms with van der Waals surface area (Å²) in [6.07, 6.45) is 0. The molecule has 0 aliphatic carbocycles. The van der Waals surface area contributed by atoms with Crippen molar-refractivity contribution < 1.29 is 4.42 Å². The summed E-state index contributed by atoms with van der Waals surface area (Å²) in [6, 6.07) is 8.76. The predicted octanol–water partition coefficient (Wildman–Crippen LogP) is 2.54. The Morgan fingerprint density at radius 1 is 1.18 bits per heavy atom. The van der Waals surface area contributed by atoms with Crippen LogP contribution in [-0.4, -0.2) is 10.2 Å². The van der Waals surface area contributed by atoms with Gasteiger partial charge >= 0.3 is 0 Å². The fourth-order valence-corrected chi connectivity index (χ4v) is 1.62. The zero-order valence-electron chi connectivity index (χ0n) is 10.4. The molecule has 2 aromatic rings. The average Bonchev–Trinajstić information content (AvgIpc) is 2.73. The van der Waals surface area contributed by atoms with Crippen molar-refractivity contribution in [3.8, 4) is 0 Å². The third-order valence-corrected chi connectivity index (χ3v) is 2.70. The molecule has 1 aromatic carbocycles. The lowest BCUT2D eigenvalue weighted by Gasteiger charge is -2.12. The summed E-state index contributed by atoms with van der Waals surface area (Å²) < 4.78 is 5.30. The van der Waals surface area contributed by atoms with Crippen molar-refractivity contribution in [3.63, 3.8) is 0 Å². The van der Waals surface area contributed by atoms with E-state index in [1.165, 1.54) is 11.1 Å². The van der Waals surface area contributed by atoms with Crippen LogP contribution in [0.5, 0.6) is 0 Å². The number of benzene rings is 1. The van der Waals surface area contributed by atoms with E-state index < -0.39 is 0 Å². The molecule has 2 rings (SSSR count). The van der Waals surface area contributed by atoms with Crippen LogP contribution in [0.15, 0.2) is 28.7 Å². The number of nitrogens with one attached hydrogen (secondary N) is 1. The quantitative estimate of drug-likeness (QED) is 0.878. The number of aromatic nitrogens is 2. The van der Waals surface area contributed by atoms with Crippen LogP contribution in [0.25, 0.3) is 0 Å². The van der Waals surface area contributed by atoms with Crippen molar-refractivity contribution in [2.45, 2.75) is 33.4 Å². The van der Waals surface area contributed by atoms with E-state index in [4.69, 9.17) is 4.42 Å². The molecular formula is C13H17N3O. The van der Waals surface area contributed by atoms with Gasteiger partial charge in [-0.1, -0.05) is 29.8 Å². The van der Waals surface area contributed by atoms with E-state index in [-0.39, 0.29) is 6.04 Å². The lowest BCUT2D eigenvalue weighted by Crippen LogP contribution is -2.18. The molecule has 4 nitrogen and oxygen atoms in total. The van der Waals surface area contributed by atoms with Gasteiger partial charge in [-0.05, 0) is 19.4 Å². The van der Waals surface area contributed by atoms with E-state index in [0.29, 0.717) is 18.3 Å². The standard InChI is InChI=1S/C13H17N3O/c1-9-4-6-12(7-5-9)10(2)14-8-13-16-15-11(3)17-13/h4-7,10,14H,8H2,1-3H3/t10-/m0/s1. The van der Waals surface area contributed by atoms with Gasteiger partial charge in [0.15, 0.2) is 0 Å². The molecule has 0 amide bonds. The molecule has 0 aliphatic rings. The summed E-state index contributed by atoms with van der Waals surface area (Å²) in [5.74, 6) is 1.23. The van der Waals surface area contributed by atoms with Gasteiger partial charge in [-0.3, -0.25) is 0 Å². The zero-order chi connectivity index (χ0) is 12.3. The van der Waals surface area contributed by atoms with Gasteiger partial charge in [0.05, 0.1) is 6.54 Å². The van der Waals surface area contributed by atoms with Crippen LogP contribution in [0.1, 0.15) is 35.9 Å². The van der Waals surface area contributed by atoms with Crippen molar-refractivity contribution in [1.29, 1.82) is 0 Å². The Hall–Kier alpha value is -1.68. The van der Waals surface area contributed by atoms with Crippen molar-refractivity contribution in [3.05, 3.63) is 47.2 Å². The van der Waals surface area contributed by atoms with Crippen LogP contribution in [0.3, 0.4) is 0 Å². The third-order valence-electron chi connectivity index (χ3n) is 2.70. The highest BCUT2D eigenvalue weighted by atomic mass is 16.4. The maximum absolute atomic E-state index is 5.30. The number of rotatable bonds is 4. The molecule has 17 heavy (non-hydrogen) atoms. The van der Waals surface area contributed by atoms with Gasteiger partial charge in [0, 0.05) is 13.0 Å². The molecule has 0 aliphatic heterocycles. The summed E-state index contributed by atoms with van der Waals surface area (Å²) in [6.45, 7) is 6.59. The second-order valence-corrected chi connectivity index (χ2v) is 4.23. The Labute approximate surface area is 101 Å². The van der Waals surface area contributed by atoms with Gasteiger partial charge in [0.2, 0.25) is 11.8 Å². The van der Waals surface area contributed by atoms with E-state index >= 15 is 0 Å². The fraction of sp³-hybridized carbons (Fsp3) is 0.385. The molecule has 4 heteroatoms. The van der Waals surface area contributed by atoms with Gasteiger partial charge in [0.1, 0.15) is 0 Å². The van der Waals surface area contributed by atoms with E-state index in [0.717, 1.165) is 0 Å². The molecule has 0 fully saturated rings. The molecule has 90 valence electrons. The highest BCUT2D eigenvalue weighted by Crippen LogP contribution is 2.13. The van der Waals surface area contributed by atoms with Crippen LogP contribution in [0, 0.1) is 13.8 Å². The molecule has 1 atom stereocenters. The van der Waals surface area contributed by atoms with Gasteiger partial charge in [-0.2, -0.15) is 0 Å². The number of aryl methyl sites for hydroxylation is 2. The van der Waals surface area contributed by atoms with Crippen molar-refractivity contribution in [1.82, 2.24) is 15.5 Å². The predicted molar refractivity (Wildman–Crippen MR) is 65.5 cm³/mol. The molecule has 1 N–H and O–H groups in total. The Morgan fingerprint density at radius 3 is 2.47 bits per heavy atom.